The van der Waals surface area contributed by atoms with Gasteiger partial charge in [-0.25, -0.2) is 4.79 Å². The van der Waals surface area contributed by atoms with Gasteiger partial charge in [0, 0.05) is 10.7 Å². The minimum atomic E-state index is -0.418. The first-order chi connectivity index (χ1) is 7.63. The van der Waals surface area contributed by atoms with Crippen molar-refractivity contribution in [1.29, 1.82) is 0 Å². The van der Waals surface area contributed by atoms with Gasteiger partial charge < -0.3 is 4.74 Å². The molecule has 0 saturated carbocycles. The van der Waals surface area contributed by atoms with Crippen LogP contribution in [0.1, 0.15) is 25.3 Å². The Morgan fingerprint density at radius 3 is 2.88 bits per heavy atom. The molecular formula is C12H16ClNO2. The Kier molecular flexibility index (Phi) is 5.12. The van der Waals surface area contributed by atoms with Crippen LogP contribution in [0.3, 0.4) is 0 Å². The van der Waals surface area contributed by atoms with Crippen molar-refractivity contribution >= 4 is 23.4 Å². The Morgan fingerprint density at radius 2 is 2.25 bits per heavy atom. The molecule has 0 aliphatic carbocycles. The lowest BCUT2D eigenvalue weighted by molar-refractivity contribution is 0.160. The molecule has 0 unspecified atom stereocenters. The van der Waals surface area contributed by atoms with Gasteiger partial charge in [0.15, 0.2) is 0 Å². The third-order valence-corrected chi connectivity index (χ3v) is 2.39. The van der Waals surface area contributed by atoms with Gasteiger partial charge in [0.1, 0.15) is 0 Å². The highest BCUT2D eigenvalue weighted by molar-refractivity contribution is 6.30. The molecular weight excluding hydrogens is 226 g/mol. The molecule has 0 spiro atoms. The van der Waals surface area contributed by atoms with Crippen molar-refractivity contribution in [3.05, 3.63) is 28.8 Å². The van der Waals surface area contributed by atoms with Crippen molar-refractivity contribution in [2.45, 2.75) is 26.7 Å². The van der Waals surface area contributed by atoms with Crippen molar-refractivity contribution in [2.24, 2.45) is 0 Å². The number of hydrogen-bond donors (Lipinski definition) is 1. The third kappa shape index (κ3) is 4.11. The van der Waals surface area contributed by atoms with Crippen molar-refractivity contribution in [3.8, 4) is 0 Å². The average molecular weight is 242 g/mol. The highest BCUT2D eigenvalue weighted by Crippen LogP contribution is 2.19. The van der Waals surface area contributed by atoms with Gasteiger partial charge in [0.05, 0.1) is 6.61 Å². The SMILES string of the molecule is CCCCOC(=O)Nc1ccc(Cl)cc1C. The second-order valence-corrected chi connectivity index (χ2v) is 4.01. The van der Waals surface area contributed by atoms with E-state index >= 15 is 0 Å². The highest BCUT2D eigenvalue weighted by atomic mass is 35.5. The fourth-order valence-corrected chi connectivity index (χ4v) is 1.45. The van der Waals surface area contributed by atoms with Gasteiger partial charge in [0.2, 0.25) is 0 Å². The Morgan fingerprint density at radius 1 is 1.50 bits per heavy atom. The Bertz CT molecular complexity index is 366. The maximum absolute atomic E-state index is 11.4. The molecule has 88 valence electrons. The van der Waals surface area contributed by atoms with Crippen molar-refractivity contribution in [1.82, 2.24) is 0 Å². The molecule has 0 aromatic heterocycles. The zero-order valence-electron chi connectivity index (χ0n) is 9.55. The number of anilines is 1. The smallest absolute Gasteiger partial charge is 0.411 e. The number of unbranched alkanes of at least 4 members (excludes halogenated alkanes) is 1. The summed E-state index contributed by atoms with van der Waals surface area (Å²) in [5.41, 5.74) is 1.64. The van der Waals surface area contributed by atoms with E-state index in [1.807, 2.05) is 13.8 Å². The predicted octanol–water partition coefficient (Wildman–Crippen LogP) is 4.00. The molecule has 1 aromatic rings. The van der Waals surface area contributed by atoms with E-state index in [0.717, 1.165) is 24.1 Å². The molecule has 16 heavy (non-hydrogen) atoms. The summed E-state index contributed by atoms with van der Waals surface area (Å²) in [7, 11) is 0. The van der Waals surface area contributed by atoms with E-state index in [2.05, 4.69) is 5.32 Å². The van der Waals surface area contributed by atoms with Gasteiger partial charge in [-0.1, -0.05) is 24.9 Å². The topological polar surface area (TPSA) is 38.3 Å². The second-order valence-electron chi connectivity index (χ2n) is 3.57. The molecule has 1 amide bonds. The van der Waals surface area contributed by atoms with Gasteiger partial charge >= 0.3 is 6.09 Å². The van der Waals surface area contributed by atoms with Crippen LogP contribution in [0.15, 0.2) is 18.2 Å². The third-order valence-electron chi connectivity index (χ3n) is 2.16. The molecule has 0 heterocycles. The summed E-state index contributed by atoms with van der Waals surface area (Å²) in [4.78, 5) is 11.4. The van der Waals surface area contributed by atoms with Crippen LogP contribution in [0.2, 0.25) is 5.02 Å². The van der Waals surface area contributed by atoms with Crippen LogP contribution < -0.4 is 5.32 Å². The van der Waals surface area contributed by atoms with Gasteiger partial charge in [-0.3, -0.25) is 5.32 Å². The summed E-state index contributed by atoms with van der Waals surface area (Å²) in [6.45, 7) is 4.38. The van der Waals surface area contributed by atoms with Crippen LogP contribution in [0.25, 0.3) is 0 Å². The summed E-state index contributed by atoms with van der Waals surface area (Å²) >= 11 is 5.81. The number of halogens is 1. The maximum Gasteiger partial charge on any atom is 0.411 e. The number of ether oxygens (including phenoxy) is 1. The van der Waals surface area contributed by atoms with Gasteiger partial charge in [0.25, 0.3) is 0 Å². The van der Waals surface area contributed by atoms with Crippen molar-refractivity contribution in [2.75, 3.05) is 11.9 Å². The Labute approximate surface area is 101 Å². The van der Waals surface area contributed by atoms with Crippen LogP contribution in [0.5, 0.6) is 0 Å². The van der Waals surface area contributed by atoms with Crippen LogP contribution in [0, 0.1) is 6.92 Å². The zero-order valence-corrected chi connectivity index (χ0v) is 10.3. The molecule has 0 saturated heterocycles. The molecule has 4 heteroatoms. The molecule has 0 radical (unpaired) electrons. The summed E-state index contributed by atoms with van der Waals surface area (Å²) in [5.74, 6) is 0. The largest absolute Gasteiger partial charge is 0.449 e. The Hall–Kier alpha value is -1.22. The predicted molar refractivity (Wildman–Crippen MR) is 66.1 cm³/mol. The first kappa shape index (κ1) is 12.8. The average Bonchev–Trinajstić information content (AvgIpc) is 2.23. The minimum absolute atomic E-state index is 0.418. The van der Waals surface area contributed by atoms with E-state index in [9.17, 15) is 4.79 Å². The van der Waals surface area contributed by atoms with Gasteiger partial charge in [-0.15, -0.1) is 0 Å². The zero-order chi connectivity index (χ0) is 12.0. The fraction of sp³-hybridized carbons (Fsp3) is 0.417. The molecule has 1 aromatic carbocycles. The lowest BCUT2D eigenvalue weighted by Gasteiger charge is -2.09. The van der Waals surface area contributed by atoms with E-state index < -0.39 is 6.09 Å². The van der Waals surface area contributed by atoms with Gasteiger partial charge in [-0.05, 0) is 37.1 Å². The number of carbonyl (C=O) groups excluding carboxylic acids is 1. The van der Waals surface area contributed by atoms with E-state index in [1.165, 1.54) is 0 Å². The summed E-state index contributed by atoms with van der Waals surface area (Å²) in [6.07, 6.45) is 1.47. The monoisotopic (exact) mass is 241 g/mol. The standard InChI is InChI=1S/C12H16ClNO2/c1-3-4-7-16-12(15)14-11-6-5-10(13)8-9(11)2/h5-6,8H,3-4,7H2,1-2H3,(H,14,15). The minimum Gasteiger partial charge on any atom is -0.449 e. The van der Waals surface area contributed by atoms with Crippen molar-refractivity contribution in [3.63, 3.8) is 0 Å². The summed E-state index contributed by atoms with van der Waals surface area (Å²) in [6, 6.07) is 5.29. The first-order valence-electron chi connectivity index (χ1n) is 5.33. The summed E-state index contributed by atoms with van der Waals surface area (Å²) in [5, 5.41) is 3.33. The van der Waals surface area contributed by atoms with E-state index in [1.54, 1.807) is 18.2 Å². The Balaban J connectivity index is 2.49. The lowest BCUT2D eigenvalue weighted by atomic mass is 10.2. The van der Waals surface area contributed by atoms with Crippen LogP contribution in [0.4, 0.5) is 10.5 Å². The second kappa shape index (κ2) is 6.38. The fourth-order valence-electron chi connectivity index (χ4n) is 1.22. The van der Waals surface area contributed by atoms with E-state index in [-0.39, 0.29) is 0 Å². The maximum atomic E-state index is 11.4. The van der Waals surface area contributed by atoms with Crippen LogP contribution >= 0.6 is 11.6 Å². The van der Waals surface area contributed by atoms with E-state index in [0.29, 0.717) is 11.6 Å². The number of benzene rings is 1. The molecule has 0 fully saturated rings. The van der Waals surface area contributed by atoms with E-state index in [4.69, 9.17) is 16.3 Å². The molecule has 1 N–H and O–H groups in total. The number of rotatable bonds is 4. The summed E-state index contributed by atoms with van der Waals surface area (Å²) < 4.78 is 4.99. The number of amides is 1. The lowest BCUT2D eigenvalue weighted by Crippen LogP contribution is -2.14. The van der Waals surface area contributed by atoms with Crippen molar-refractivity contribution < 1.29 is 9.53 Å². The first-order valence-corrected chi connectivity index (χ1v) is 5.71. The normalized spacial score (nSPS) is 9.94. The van der Waals surface area contributed by atoms with Crippen LogP contribution in [-0.2, 0) is 4.74 Å². The number of hydrogen-bond acceptors (Lipinski definition) is 2. The molecule has 0 aliphatic rings. The number of aryl methyl sites for hydroxylation is 1. The molecule has 3 nitrogen and oxygen atoms in total. The molecule has 0 atom stereocenters. The number of carbonyl (C=O) groups is 1. The van der Waals surface area contributed by atoms with Gasteiger partial charge in [-0.2, -0.15) is 0 Å². The van der Waals surface area contributed by atoms with Crippen LogP contribution in [-0.4, -0.2) is 12.7 Å². The molecule has 1 rings (SSSR count). The molecule has 0 bridgehead atoms. The highest BCUT2D eigenvalue weighted by Gasteiger charge is 2.05. The quantitative estimate of drug-likeness (QED) is 0.810. The molecule has 0 aliphatic heterocycles. The number of nitrogens with one attached hydrogen (secondary N) is 1.